The van der Waals surface area contributed by atoms with Gasteiger partial charge in [-0.2, -0.15) is 0 Å². The van der Waals surface area contributed by atoms with Crippen molar-refractivity contribution >= 4 is 28.9 Å². The van der Waals surface area contributed by atoms with Gasteiger partial charge in [-0.25, -0.2) is 9.78 Å². The van der Waals surface area contributed by atoms with Crippen LogP contribution in [0.2, 0.25) is 0 Å². The van der Waals surface area contributed by atoms with Crippen molar-refractivity contribution in [3.63, 3.8) is 0 Å². The number of H-pyrrole nitrogens is 1. The highest BCUT2D eigenvalue weighted by Crippen LogP contribution is 2.29. The third-order valence-electron chi connectivity index (χ3n) is 4.69. The van der Waals surface area contributed by atoms with Crippen molar-refractivity contribution in [1.29, 1.82) is 0 Å². The van der Waals surface area contributed by atoms with Crippen molar-refractivity contribution in [3.8, 4) is 10.6 Å². The largest absolute Gasteiger partial charge is 0.450 e. The number of hydrogen-bond donors (Lipinski definition) is 1. The molecule has 6 nitrogen and oxygen atoms in total. The minimum Gasteiger partial charge on any atom is -0.450 e. The van der Waals surface area contributed by atoms with Gasteiger partial charge in [-0.1, -0.05) is 30.3 Å². The zero-order valence-electron chi connectivity index (χ0n) is 17.0. The molecule has 150 valence electrons. The SMILES string of the molecule is CC(=O)c1c(C)[nH]c(C(=O)[C@H](C)OC(=O)c2sc(-c3ccccc3)nc2C)c1C. The average Bonchev–Trinajstić information content (AvgIpc) is 3.21. The van der Waals surface area contributed by atoms with E-state index in [0.29, 0.717) is 33.1 Å². The number of hydrogen-bond acceptors (Lipinski definition) is 6. The molecule has 0 unspecified atom stereocenters. The molecule has 7 heteroatoms. The van der Waals surface area contributed by atoms with Gasteiger partial charge in [-0.3, -0.25) is 9.59 Å². The van der Waals surface area contributed by atoms with Crippen LogP contribution < -0.4 is 0 Å². The van der Waals surface area contributed by atoms with Crippen molar-refractivity contribution in [2.45, 2.75) is 40.7 Å². The Morgan fingerprint density at radius 3 is 2.34 bits per heavy atom. The number of aromatic amines is 1. The van der Waals surface area contributed by atoms with Gasteiger partial charge in [0.25, 0.3) is 0 Å². The number of aromatic nitrogens is 2. The molecule has 0 spiro atoms. The molecule has 0 fully saturated rings. The first kappa shape index (κ1) is 20.7. The van der Waals surface area contributed by atoms with Crippen molar-refractivity contribution in [3.05, 3.63) is 63.4 Å². The molecule has 0 bridgehead atoms. The highest BCUT2D eigenvalue weighted by Gasteiger charge is 2.27. The summed E-state index contributed by atoms with van der Waals surface area (Å²) in [4.78, 5) is 45.0. The Morgan fingerprint density at radius 1 is 1.10 bits per heavy atom. The van der Waals surface area contributed by atoms with Gasteiger partial charge in [-0.15, -0.1) is 11.3 Å². The van der Waals surface area contributed by atoms with E-state index in [1.54, 1.807) is 20.8 Å². The zero-order valence-corrected chi connectivity index (χ0v) is 17.8. The molecule has 0 amide bonds. The molecule has 1 N–H and O–H groups in total. The molecule has 1 atom stereocenters. The number of rotatable bonds is 6. The van der Waals surface area contributed by atoms with Crippen LogP contribution in [0.15, 0.2) is 30.3 Å². The van der Waals surface area contributed by atoms with Crippen LogP contribution in [0.4, 0.5) is 0 Å². The second-order valence-electron chi connectivity index (χ2n) is 6.89. The summed E-state index contributed by atoms with van der Waals surface area (Å²) < 4.78 is 5.42. The quantitative estimate of drug-likeness (QED) is 0.470. The van der Waals surface area contributed by atoms with E-state index < -0.39 is 12.1 Å². The van der Waals surface area contributed by atoms with Crippen LogP contribution in [0.25, 0.3) is 10.6 Å². The fourth-order valence-electron chi connectivity index (χ4n) is 3.29. The normalized spacial score (nSPS) is 11.9. The Labute approximate surface area is 172 Å². The van der Waals surface area contributed by atoms with E-state index in [2.05, 4.69) is 9.97 Å². The van der Waals surface area contributed by atoms with Crippen LogP contribution in [0.1, 0.15) is 61.3 Å². The first-order valence-electron chi connectivity index (χ1n) is 9.18. The molecule has 0 aliphatic heterocycles. The number of ketones is 2. The second-order valence-corrected chi connectivity index (χ2v) is 7.89. The van der Waals surface area contributed by atoms with Gasteiger partial charge >= 0.3 is 5.97 Å². The summed E-state index contributed by atoms with van der Waals surface area (Å²) in [5.74, 6) is -1.08. The Hall–Kier alpha value is -3.06. The summed E-state index contributed by atoms with van der Waals surface area (Å²) >= 11 is 1.23. The molecule has 29 heavy (non-hydrogen) atoms. The Kier molecular flexibility index (Phi) is 5.79. The highest BCUT2D eigenvalue weighted by atomic mass is 32.1. The molecule has 0 aliphatic carbocycles. The van der Waals surface area contributed by atoms with Crippen molar-refractivity contribution in [2.24, 2.45) is 0 Å². The molecule has 0 saturated carbocycles. The minimum atomic E-state index is -0.999. The first-order valence-corrected chi connectivity index (χ1v) is 10.0. The number of nitrogens with zero attached hydrogens (tertiary/aromatic N) is 1. The maximum Gasteiger partial charge on any atom is 0.350 e. The van der Waals surface area contributed by atoms with E-state index >= 15 is 0 Å². The predicted octanol–water partition coefficient (Wildman–Crippen LogP) is 4.69. The lowest BCUT2D eigenvalue weighted by atomic mass is 10.0. The van der Waals surface area contributed by atoms with Gasteiger partial charge < -0.3 is 9.72 Å². The predicted molar refractivity (Wildman–Crippen MR) is 112 cm³/mol. The molecule has 1 aromatic carbocycles. The smallest absolute Gasteiger partial charge is 0.350 e. The van der Waals surface area contributed by atoms with Gasteiger partial charge in [-0.05, 0) is 40.2 Å². The lowest BCUT2D eigenvalue weighted by Crippen LogP contribution is -2.25. The van der Waals surface area contributed by atoms with Crippen LogP contribution in [-0.2, 0) is 4.74 Å². The second kappa shape index (κ2) is 8.13. The summed E-state index contributed by atoms with van der Waals surface area (Å²) in [5.41, 5.74) is 3.46. The van der Waals surface area contributed by atoms with Gasteiger partial charge in [0.15, 0.2) is 11.9 Å². The Morgan fingerprint density at radius 2 is 1.76 bits per heavy atom. The molecule has 2 aromatic heterocycles. The van der Waals surface area contributed by atoms with E-state index in [4.69, 9.17) is 4.74 Å². The summed E-state index contributed by atoms with van der Waals surface area (Å²) in [6.07, 6.45) is -0.999. The molecule has 0 aliphatic rings. The number of nitrogens with one attached hydrogen (secondary N) is 1. The number of carbonyl (C=O) groups excluding carboxylic acids is 3. The molecule has 2 heterocycles. The number of carbonyl (C=O) groups is 3. The number of thiazole rings is 1. The zero-order chi connectivity index (χ0) is 21.3. The lowest BCUT2D eigenvalue weighted by Gasteiger charge is -2.11. The summed E-state index contributed by atoms with van der Waals surface area (Å²) in [5, 5.41) is 0.718. The third kappa shape index (κ3) is 4.05. The molecule has 0 saturated heterocycles. The average molecular weight is 410 g/mol. The molecule has 3 rings (SSSR count). The Bertz CT molecular complexity index is 1100. The maximum atomic E-state index is 12.8. The molecular weight excluding hydrogens is 388 g/mol. The summed E-state index contributed by atoms with van der Waals surface area (Å²) in [6.45, 7) is 8.17. The van der Waals surface area contributed by atoms with E-state index in [9.17, 15) is 14.4 Å². The van der Waals surface area contributed by atoms with Crippen molar-refractivity contribution < 1.29 is 19.1 Å². The van der Waals surface area contributed by atoms with Gasteiger partial charge in [0.05, 0.1) is 11.4 Å². The van der Waals surface area contributed by atoms with Crippen LogP contribution in [0, 0.1) is 20.8 Å². The van der Waals surface area contributed by atoms with Crippen LogP contribution in [-0.4, -0.2) is 33.6 Å². The van der Waals surface area contributed by atoms with Gasteiger partial charge in [0.2, 0.25) is 5.78 Å². The molecular formula is C22H22N2O4S. The Balaban J connectivity index is 1.79. The van der Waals surface area contributed by atoms with Gasteiger partial charge in [0.1, 0.15) is 9.88 Å². The van der Waals surface area contributed by atoms with E-state index in [1.165, 1.54) is 25.2 Å². The van der Waals surface area contributed by atoms with Crippen LogP contribution in [0.3, 0.4) is 0 Å². The van der Waals surface area contributed by atoms with Gasteiger partial charge in [0, 0.05) is 16.8 Å². The van der Waals surface area contributed by atoms with E-state index in [0.717, 1.165) is 10.6 Å². The number of Topliss-reactive ketones (excluding diaryl/α,β-unsaturated/α-hetero) is 2. The first-order chi connectivity index (χ1) is 13.7. The minimum absolute atomic E-state index is 0.117. The third-order valence-corrected chi connectivity index (χ3v) is 5.88. The van der Waals surface area contributed by atoms with E-state index in [-0.39, 0.29) is 11.6 Å². The maximum absolute atomic E-state index is 12.8. The fraction of sp³-hybridized carbons (Fsp3) is 0.273. The lowest BCUT2D eigenvalue weighted by molar-refractivity contribution is 0.0320. The highest BCUT2D eigenvalue weighted by molar-refractivity contribution is 7.17. The number of ether oxygens (including phenoxy) is 1. The standard InChI is InChI=1S/C22H22N2O4S/c1-11-17(14(4)25)12(2)23-18(11)19(26)15(5)28-22(27)20-13(3)24-21(29-20)16-9-7-6-8-10-16/h6-10,15,23H,1-5H3/t15-/m0/s1. The molecule has 3 aromatic rings. The van der Waals surface area contributed by atoms with Crippen molar-refractivity contribution in [2.75, 3.05) is 0 Å². The summed E-state index contributed by atoms with van der Waals surface area (Å²) in [7, 11) is 0. The number of esters is 1. The van der Waals surface area contributed by atoms with Crippen LogP contribution in [0.5, 0.6) is 0 Å². The monoisotopic (exact) mass is 410 g/mol. The van der Waals surface area contributed by atoms with Crippen molar-refractivity contribution in [1.82, 2.24) is 9.97 Å². The topological polar surface area (TPSA) is 89.1 Å². The fourth-order valence-corrected chi connectivity index (χ4v) is 4.24. The number of aryl methyl sites for hydroxylation is 2. The van der Waals surface area contributed by atoms with E-state index in [1.807, 2.05) is 30.3 Å². The molecule has 0 radical (unpaired) electrons. The number of benzene rings is 1. The van der Waals surface area contributed by atoms with Crippen LogP contribution >= 0.6 is 11.3 Å². The summed E-state index contributed by atoms with van der Waals surface area (Å²) in [6, 6.07) is 9.56.